The molecule has 2 atom stereocenters. The Hall–Kier alpha value is -1.92. The van der Waals surface area contributed by atoms with Crippen molar-refractivity contribution in [1.29, 1.82) is 0 Å². The monoisotopic (exact) mass is 358 g/mol. The maximum Gasteiger partial charge on any atom is 0.272 e. The number of aromatic nitrogens is 2. The lowest BCUT2D eigenvalue weighted by molar-refractivity contribution is 0.0536. The largest absolute Gasteiger partial charge is 0.390 e. The van der Waals surface area contributed by atoms with E-state index in [0.29, 0.717) is 11.7 Å². The van der Waals surface area contributed by atoms with Crippen LogP contribution in [0, 0.1) is 0 Å². The number of amides is 1. The van der Waals surface area contributed by atoms with E-state index in [1.54, 1.807) is 0 Å². The smallest absolute Gasteiger partial charge is 0.272 e. The van der Waals surface area contributed by atoms with Gasteiger partial charge >= 0.3 is 0 Å². The summed E-state index contributed by atoms with van der Waals surface area (Å²) in [6, 6.07) is 8.44. The molecule has 0 spiro atoms. The molecule has 1 amide bonds. The van der Waals surface area contributed by atoms with Gasteiger partial charge in [-0.2, -0.15) is 5.10 Å². The summed E-state index contributed by atoms with van der Waals surface area (Å²) in [5.74, 6) is -0.117. The van der Waals surface area contributed by atoms with Gasteiger partial charge in [-0.05, 0) is 53.0 Å². The lowest BCUT2D eigenvalue weighted by Gasteiger charge is -2.33. The van der Waals surface area contributed by atoms with Gasteiger partial charge < -0.3 is 15.7 Å². The van der Waals surface area contributed by atoms with Crippen molar-refractivity contribution in [3.8, 4) is 0 Å². The second kappa shape index (κ2) is 7.37. The number of nitrogens with one attached hydrogen (secondary N) is 2. The number of para-hydroxylation sites is 1. The van der Waals surface area contributed by atoms with Crippen molar-refractivity contribution < 1.29 is 9.90 Å². The zero-order valence-corrected chi connectivity index (χ0v) is 16.1. The van der Waals surface area contributed by atoms with Crippen molar-refractivity contribution in [2.24, 2.45) is 0 Å². The van der Waals surface area contributed by atoms with Crippen LogP contribution in [0.25, 0.3) is 10.9 Å². The Balaban J connectivity index is 1.67. The van der Waals surface area contributed by atoms with E-state index in [1.807, 2.05) is 42.8 Å². The van der Waals surface area contributed by atoms with Gasteiger partial charge in [0.2, 0.25) is 0 Å². The molecule has 2 heterocycles. The average molecular weight is 358 g/mol. The molecule has 6 heteroatoms. The molecule has 6 nitrogen and oxygen atoms in total. The molecule has 1 saturated heterocycles. The molecule has 1 fully saturated rings. The van der Waals surface area contributed by atoms with Gasteiger partial charge in [0.25, 0.3) is 5.91 Å². The molecule has 0 aliphatic carbocycles. The quantitative estimate of drug-likeness (QED) is 0.768. The van der Waals surface area contributed by atoms with Crippen LogP contribution in [0.3, 0.4) is 0 Å². The molecule has 1 aliphatic heterocycles. The molecule has 3 N–H and O–H groups in total. The molecular formula is C20H30N4O2. The SMILES string of the molecule is CC(C)n1nc(C(=O)NC2CC[C@@H](CC(C)(C)O)NC2)c2ccccc21. The van der Waals surface area contributed by atoms with Crippen LogP contribution in [0.4, 0.5) is 0 Å². The van der Waals surface area contributed by atoms with Crippen molar-refractivity contribution in [3.05, 3.63) is 30.0 Å². The fraction of sp³-hybridized carbons (Fsp3) is 0.600. The first-order valence-corrected chi connectivity index (χ1v) is 9.48. The Morgan fingerprint density at radius 1 is 1.38 bits per heavy atom. The van der Waals surface area contributed by atoms with E-state index in [1.165, 1.54) is 0 Å². The van der Waals surface area contributed by atoms with E-state index in [4.69, 9.17) is 0 Å². The Morgan fingerprint density at radius 2 is 2.12 bits per heavy atom. The molecule has 1 unspecified atom stereocenters. The minimum atomic E-state index is -0.670. The van der Waals surface area contributed by atoms with Gasteiger partial charge in [0.15, 0.2) is 5.69 Å². The highest BCUT2D eigenvalue weighted by molar-refractivity contribution is 6.05. The Morgan fingerprint density at radius 3 is 2.73 bits per heavy atom. The summed E-state index contributed by atoms with van der Waals surface area (Å²) in [5.41, 5.74) is 0.809. The second-order valence-corrected chi connectivity index (χ2v) is 8.27. The van der Waals surface area contributed by atoms with Crippen molar-refractivity contribution in [1.82, 2.24) is 20.4 Å². The van der Waals surface area contributed by atoms with Crippen LogP contribution < -0.4 is 10.6 Å². The highest BCUT2D eigenvalue weighted by atomic mass is 16.3. The van der Waals surface area contributed by atoms with Crippen molar-refractivity contribution in [2.45, 2.75) is 70.7 Å². The number of nitrogens with zero attached hydrogens (tertiary/aromatic N) is 2. The summed E-state index contributed by atoms with van der Waals surface area (Å²) >= 11 is 0. The minimum absolute atomic E-state index is 0.0866. The average Bonchev–Trinajstić information content (AvgIpc) is 2.95. The van der Waals surface area contributed by atoms with E-state index >= 15 is 0 Å². The topological polar surface area (TPSA) is 79.2 Å². The summed E-state index contributed by atoms with van der Waals surface area (Å²) in [6.07, 6.45) is 2.57. The Kier molecular flexibility index (Phi) is 5.34. The number of piperidine rings is 1. The Labute approximate surface area is 155 Å². The van der Waals surface area contributed by atoms with Gasteiger partial charge in [-0.3, -0.25) is 9.48 Å². The molecule has 1 aliphatic rings. The third-order valence-corrected chi connectivity index (χ3v) is 4.92. The van der Waals surface area contributed by atoms with Crippen LogP contribution in [0.15, 0.2) is 24.3 Å². The molecule has 0 bridgehead atoms. The minimum Gasteiger partial charge on any atom is -0.390 e. The molecule has 142 valence electrons. The maximum absolute atomic E-state index is 12.8. The zero-order valence-electron chi connectivity index (χ0n) is 16.1. The number of benzene rings is 1. The van der Waals surface area contributed by atoms with Gasteiger partial charge in [0.1, 0.15) is 0 Å². The molecule has 2 aromatic rings. The number of carbonyl (C=O) groups excluding carboxylic acids is 1. The van der Waals surface area contributed by atoms with Gasteiger partial charge in [-0.15, -0.1) is 0 Å². The third-order valence-electron chi connectivity index (χ3n) is 4.92. The van der Waals surface area contributed by atoms with Crippen LogP contribution in [-0.4, -0.2) is 45.0 Å². The molecule has 1 aromatic carbocycles. The predicted molar refractivity (Wildman–Crippen MR) is 103 cm³/mol. The first-order chi connectivity index (χ1) is 12.2. The molecule has 3 rings (SSSR count). The molecule has 0 radical (unpaired) electrons. The fourth-order valence-corrected chi connectivity index (χ4v) is 3.72. The number of fused-ring (bicyclic) bond motifs is 1. The van der Waals surface area contributed by atoms with E-state index in [9.17, 15) is 9.90 Å². The summed E-state index contributed by atoms with van der Waals surface area (Å²) < 4.78 is 1.91. The van der Waals surface area contributed by atoms with Gasteiger partial charge in [-0.25, -0.2) is 0 Å². The zero-order chi connectivity index (χ0) is 18.9. The predicted octanol–water partition coefficient (Wildman–Crippen LogP) is 2.63. The summed E-state index contributed by atoms with van der Waals surface area (Å²) in [5, 5.41) is 22.0. The normalized spacial score (nSPS) is 21.3. The number of hydrogen-bond acceptors (Lipinski definition) is 4. The van der Waals surface area contributed by atoms with Crippen molar-refractivity contribution >= 4 is 16.8 Å². The van der Waals surface area contributed by atoms with Crippen molar-refractivity contribution in [3.63, 3.8) is 0 Å². The standard InChI is InChI=1S/C20H30N4O2/c1-13(2)24-17-8-6-5-7-16(17)18(23-24)19(25)22-15-10-9-14(21-12-15)11-20(3,4)26/h5-8,13-15,21,26H,9-12H2,1-4H3,(H,22,25)/t14-,15?/m0/s1. The van der Waals surface area contributed by atoms with Crippen LogP contribution in [0.2, 0.25) is 0 Å². The van der Waals surface area contributed by atoms with E-state index in [2.05, 4.69) is 29.6 Å². The second-order valence-electron chi connectivity index (χ2n) is 8.27. The molecule has 26 heavy (non-hydrogen) atoms. The van der Waals surface area contributed by atoms with E-state index in [-0.39, 0.29) is 18.0 Å². The number of aliphatic hydroxyl groups is 1. The lowest BCUT2D eigenvalue weighted by atomic mass is 9.91. The number of hydrogen-bond donors (Lipinski definition) is 3. The highest BCUT2D eigenvalue weighted by Gasteiger charge is 2.27. The van der Waals surface area contributed by atoms with Gasteiger partial charge in [0, 0.05) is 30.1 Å². The summed E-state index contributed by atoms with van der Waals surface area (Å²) in [4.78, 5) is 12.8. The van der Waals surface area contributed by atoms with Gasteiger partial charge in [-0.1, -0.05) is 18.2 Å². The van der Waals surface area contributed by atoms with Gasteiger partial charge in [0.05, 0.1) is 11.1 Å². The van der Waals surface area contributed by atoms with Crippen LogP contribution in [0.1, 0.15) is 63.5 Å². The first kappa shape index (κ1) is 18.9. The number of carbonyl (C=O) groups is 1. The Bertz CT molecular complexity index is 768. The molecule has 1 aromatic heterocycles. The summed E-state index contributed by atoms with van der Waals surface area (Å²) in [6.45, 7) is 8.51. The highest BCUT2D eigenvalue weighted by Crippen LogP contribution is 2.22. The molecule has 0 saturated carbocycles. The molecular weight excluding hydrogens is 328 g/mol. The summed E-state index contributed by atoms with van der Waals surface area (Å²) in [7, 11) is 0. The van der Waals surface area contributed by atoms with Crippen LogP contribution in [-0.2, 0) is 0 Å². The lowest BCUT2D eigenvalue weighted by Crippen LogP contribution is -2.51. The van der Waals surface area contributed by atoms with Crippen LogP contribution >= 0.6 is 0 Å². The van der Waals surface area contributed by atoms with E-state index < -0.39 is 5.60 Å². The van der Waals surface area contributed by atoms with E-state index in [0.717, 1.165) is 36.7 Å². The van der Waals surface area contributed by atoms with Crippen LogP contribution in [0.5, 0.6) is 0 Å². The maximum atomic E-state index is 12.8. The fourth-order valence-electron chi connectivity index (χ4n) is 3.72. The third kappa shape index (κ3) is 4.24. The first-order valence-electron chi connectivity index (χ1n) is 9.48. The number of rotatable bonds is 5. The van der Waals surface area contributed by atoms with Crippen molar-refractivity contribution in [2.75, 3.05) is 6.54 Å².